The fourth-order valence-electron chi connectivity index (χ4n) is 2.53. The highest BCUT2D eigenvalue weighted by Crippen LogP contribution is 2.27. The fraction of sp³-hybridized carbons (Fsp3) is 0.286. The summed E-state index contributed by atoms with van der Waals surface area (Å²) in [6.07, 6.45) is 3.35. The predicted octanol–water partition coefficient (Wildman–Crippen LogP) is 4.07. The zero-order valence-corrected chi connectivity index (χ0v) is 18.4. The normalized spacial score (nSPS) is 11.7. The molecule has 0 bridgehead atoms. The van der Waals surface area contributed by atoms with Crippen LogP contribution in [0.3, 0.4) is 0 Å². The molecule has 164 valence electrons. The third-order valence-electron chi connectivity index (χ3n) is 3.94. The summed E-state index contributed by atoms with van der Waals surface area (Å²) in [5.74, 6) is 0.515. The van der Waals surface area contributed by atoms with Gasteiger partial charge in [0.05, 0.1) is 16.8 Å². The fourth-order valence-corrected chi connectivity index (χ4v) is 3.16. The van der Waals surface area contributed by atoms with Crippen molar-refractivity contribution in [3.63, 3.8) is 0 Å². The predicted molar refractivity (Wildman–Crippen MR) is 113 cm³/mol. The molecule has 31 heavy (non-hydrogen) atoms. The second-order valence-electron chi connectivity index (χ2n) is 7.79. The summed E-state index contributed by atoms with van der Waals surface area (Å²) < 4.78 is 38.9. The van der Waals surface area contributed by atoms with E-state index in [0.29, 0.717) is 22.8 Å². The smallest absolute Gasteiger partial charge is 0.412 e. The Morgan fingerprint density at radius 2 is 1.84 bits per heavy atom. The van der Waals surface area contributed by atoms with Crippen molar-refractivity contribution in [2.24, 2.45) is 0 Å². The summed E-state index contributed by atoms with van der Waals surface area (Å²) in [6.45, 7) is 5.55. The van der Waals surface area contributed by atoms with Crippen molar-refractivity contribution in [2.45, 2.75) is 37.9 Å². The van der Waals surface area contributed by atoms with Crippen LogP contribution in [0.4, 0.5) is 10.5 Å². The second-order valence-corrected chi connectivity index (χ2v) is 9.80. The van der Waals surface area contributed by atoms with E-state index >= 15 is 0 Å². The van der Waals surface area contributed by atoms with Gasteiger partial charge in [0, 0.05) is 6.26 Å². The lowest BCUT2D eigenvalue weighted by Crippen LogP contribution is -2.27. The van der Waals surface area contributed by atoms with Gasteiger partial charge in [-0.15, -0.1) is 0 Å². The molecule has 1 N–H and O–H groups in total. The SMILES string of the molecule is CC(C)(C)OC(=O)Nc1conc1-c1ccc(OCc2ccc(S(C)(=O)=O)cc2)cn1. The molecule has 2 aromatic heterocycles. The van der Waals surface area contributed by atoms with E-state index < -0.39 is 21.5 Å². The molecule has 10 heteroatoms. The minimum absolute atomic E-state index is 0.250. The van der Waals surface area contributed by atoms with Gasteiger partial charge in [-0.1, -0.05) is 17.3 Å². The van der Waals surface area contributed by atoms with Crippen LogP contribution in [-0.2, 0) is 21.2 Å². The van der Waals surface area contributed by atoms with E-state index in [-0.39, 0.29) is 11.5 Å². The highest BCUT2D eigenvalue weighted by atomic mass is 32.2. The van der Waals surface area contributed by atoms with E-state index in [9.17, 15) is 13.2 Å². The van der Waals surface area contributed by atoms with Crippen LogP contribution in [0.2, 0.25) is 0 Å². The van der Waals surface area contributed by atoms with Crippen molar-refractivity contribution >= 4 is 21.6 Å². The molecule has 0 spiro atoms. The van der Waals surface area contributed by atoms with Gasteiger partial charge in [0.2, 0.25) is 0 Å². The molecule has 0 aliphatic heterocycles. The molecular formula is C21H23N3O6S. The number of rotatable bonds is 6. The first-order valence-corrected chi connectivity index (χ1v) is 11.2. The van der Waals surface area contributed by atoms with Crippen LogP contribution in [0.5, 0.6) is 5.75 Å². The quantitative estimate of drug-likeness (QED) is 0.603. The van der Waals surface area contributed by atoms with Crippen LogP contribution >= 0.6 is 0 Å². The summed E-state index contributed by atoms with van der Waals surface area (Å²) in [5.41, 5.74) is 1.35. The minimum Gasteiger partial charge on any atom is -0.487 e. The Labute approximate surface area is 180 Å². The molecule has 1 aromatic carbocycles. The number of sulfone groups is 1. The first-order valence-electron chi connectivity index (χ1n) is 9.34. The van der Waals surface area contributed by atoms with Crippen LogP contribution in [-0.4, -0.2) is 36.5 Å². The molecule has 9 nitrogen and oxygen atoms in total. The molecule has 0 fully saturated rings. The second kappa shape index (κ2) is 8.76. The van der Waals surface area contributed by atoms with E-state index in [1.165, 1.54) is 12.5 Å². The molecule has 0 aliphatic rings. The van der Waals surface area contributed by atoms with Gasteiger partial charge in [0.25, 0.3) is 0 Å². The van der Waals surface area contributed by atoms with Crippen molar-refractivity contribution in [3.8, 4) is 17.1 Å². The van der Waals surface area contributed by atoms with E-state index in [0.717, 1.165) is 11.8 Å². The zero-order chi connectivity index (χ0) is 22.6. The molecule has 0 unspecified atom stereocenters. The zero-order valence-electron chi connectivity index (χ0n) is 17.6. The average Bonchev–Trinajstić information content (AvgIpc) is 3.13. The van der Waals surface area contributed by atoms with Crippen LogP contribution in [0, 0.1) is 0 Å². The van der Waals surface area contributed by atoms with Gasteiger partial charge < -0.3 is 14.0 Å². The van der Waals surface area contributed by atoms with Gasteiger partial charge in [-0.2, -0.15) is 0 Å². The lowest BCUT2D eigenvalue weighted by molar-refractivity contribution is 0.0636. The Bertz CT molecular complexity index is 1150. The molecule has 0 radical (unpaired) electrons. The number of carbonyl (C=O) groups excluding carboxylic acids is 1. The van der Waals surface area contributed by atoms with E-state index in [2.05, 4.69) is 15.5 Å². The van der Waals surface area contributed by atoms with E-state index in [4.69, 9.17) is 14.0 Å². The van der Waals surface area contributed by atoms with Crippen LogP contribution in [0.25, 0.3) is 11.4 Å². The van der Waals surface area contributed by atoms with Gasteiger partial charge >= 0.3 is 6.09 Å². The Morgan fingerprint density at radius 1 is 1.13 bits per heavy atom. The van der Waals surface area contributed by atoms with Crippen molar-refractivity contribution in [1.29, 1.82) is 0 Å². The number of hydrogen-bond acceptors (Lipinski definition) is 8. The third-order valence-corrected chi connectivity index (χ3v) is 5.07. The molecular weight excluding hydrogens is 422 g/mol. The van der Waals surface area contributed by atoms with Crippen molar-refractivity contribution < 1.29 is 27.2 Å². The average molecular weight is 445 g/mol. The number of pyridine rings is 1. The molecule has 2 heterocycles. The Morgan fingerprint density at radius 3 is 2.42 bits per heavy atom. The summed E-state index contributed by atoms with van der Waals surface area (Å²) >= 11 is 0. The van der Waals surface area contributed by atoms with Crippen molar-refractivity contribution in [3.05, 3.63) is 54.4 Å². The number of amides is 1. The van der Waals surface area contributed by atoms with Crippen molar-refractivity contribution in [1.82, 2.24) is 10.1 Å². The minimum atomic E-state index is -3.23. The number of anilines is 1. The van der Waals surface area contributed by atoms with Gasteiger partial charge in [-0.3, -0.25) is 10.3 Å². The summed E-state index contributed by atoms with van der Waals surface area (Å²) in [7, 11) is -3.23. The summed E-state index contributed by atoms with van der Waals surface area (Å²) in [6, 6.07) is 9.86. The number of nitrogens with zero attached hydrogens (tertiary/aromatic N) is 2. The first-order chi connectivity index (χ1) is 14.5. The van der Waals surface area contributed by atoms with E-state index in [1.807, 2.05) is 0 Å². The summed E-state index contributed by atoms with van der Waals surface area (Å²) in [4.78, 5) is 16.5. The molecule has 0 atom stereocenters. The van der Waals surface area contributed by atoms with Gasteiger partial charge in [-0.25, -0.2) is 13.2 Å². The largest absolute Gasteiger partial charge is 0.487 e. The maximum Gasteiger partial charge on any atom is 0.412 e. The van der Waals surface area contributed by atoms with E-state index in [1.54, 1.807) is 57.2 Å². The molecule has 1 amide bonds. The van der Waals surface area contributed by atoms with Gasteiger partial charge in [0.1, 0.15) is 29.9 Å². The third kappa shape index (κ3) is 6.29. The maximum absolute atomic E-state index is 12.0. The maximum atomic E-state index is 12.0. The van der Waals surface area contributed by atoms with Crippen LogP contribution in [0.1, 0.15) is 26.3 Å². The Hall–Kier alpha value is -3.40. The first kappa shape index (κ1) is 22.3. The molecule has 0 saturated carbocycles. The lowest BCUT2D eigenvalue weighted by atomic mass is 10.2. The summed E-state index contributed by atoms with van der Waals surface area (Å²) in [5, 5.41) is 6.48. The molecule has 0 aliphatic carbocycles. The van der Waals surface area contributed by atoms with Crippen LogP contribution in [0.15, 0.2) is 58.3 Å². The Balaban J connectivity index is 1.63. The molecule has 3 aromatic rings. The number of carbonyl (C=O) groups is 1. The number of ether oxygens (including phenoxy) is 2. The number of nitrogens with one attached hydrogen (secondary N) is 1. The highest BCUT2D eigenvalue weighted by Gasteiger charge is 2.19. The Kier molecular flexibility index (Phi) is 6.30. The number of benzene rings is 1. The lowest BCUT2D eigenvalue weighted by Gasteiger charge is -2.19. The van der Waals surface area contributed by atoms with Gasteiger partial charge in [0.15, 0.2) is 15.5 Å². The van der Waals surface area contributed by atoms with Gasteiger partial charge in [-0.05, 0) is 50.6 Å². The number of hydrogen-bond donors (Lipinski definition) is 1. The molecule has 0 saturated heterocycles. The highest BCUT2D eigenvalue weighted by molar-refractivity contribution is 7.90. The number of aromatic nitrogens is 2. The van der Waals surface area contributed by atoms with Crippen LogP contribution < -0.4 is 10.1 Å². The van der Waals surface area contributed by atoms with Crippen molar-refractivity contribution in [2.75, 3.05) is 11.6 Å². The topological polar surface area (TPSA) is 121 Å². The monoisotopic (exact) mass is 445 g/mol. The standard InChI is InChI=1S/C21H23N3O6S/c1-21(2,3)30-20(25)23-18-13-29-24-19(18)17-10-7-15(11-22-17)28-12-14-5-8-16(9-6-14)31(4,26)27/h5-11,13H,12H2,1-4H3,(H,23,25). The molecule has 3 rings (SSSR count).